The van der Waals surface area contributed by atoms with Crippen molar-refractivity contribution in [3.05, 3.63) is 35.4 Å². The predicted molar refractivity (Wildman–Crippen MR) is 82.9 cm³/mol. The van der Waals surface area contributed by atoms with E-state index in [1.54, 1.807) is 0 Å². The van der Waals surface area contributed by atoms with Gasteiger partial charge in [0.1, 0.15) is 0 Å². The summed E-state index contributed by atoms with van der Waals surface area (Å²) in [5.74, 6) is 0. The van der Waals surface area contributed by atoms with Gasteiger partial charge in [-0.2, -0.15) is 0 Å². The third-order valence-corrected chi connectivity index (χ3v) is 5.15. The highest BCUT2D eigenvalue weighted by molar-refractivity contribution is 5.28. The monoisotopic (exact) mass is 273 g/mol. The Morgan fingerprint density at radius 3 is 2.75 bits per heavy atom. The largest absolute Gasteiger partial charge is 0.375 e. The lowest BCUT2D eigenvalue weighted by molar-refractivity contribution is -0.0846. The third kappa shape index (κ3) is 2.91. The van der Waals surface area contributed by atoms with E-state index < -0.39 is 0 Å². The second-order valence-electron chi connectivity index (χ2n) is 6.67. The van der Waals surface area contributed by atoms with Crippen LogP contribution in [0.2, 0.25) is 0 Å². The highest BCUT2D eigenvalue weighted by atomic mass is 16.5. The Bertz CT molecular complexity index is 450. The van der Waals surface area contributed by atoms with Gasteiger partial charge in [-0.1, -0.05) is 37.1 Å². The topological polar surface area (TPSA) is 21.3 Å². The van der Waals surface area contributed by atoms with Gasteiger partial charge in [0.05, 0.1) is 5.60 Å². The van der Waals surface area contributed by atoms with Gasteiger partial charge >= 0.3 is 0 Å². The Morgan fingerprint density at radius 2 is 2.00 bits per heavy atom. The fourth-order valence-electron chi connectivity index (χ4n) is 4.05. The summed E-state index contributed by atoms with van der Waals surface area (Å²) in [6.45, 7) is 5.42. The fourth-order valence-corrected chi connectivity index (χ4v) is 4.05. The molecule has 20 heavy (non-hydrogen) atoms. The third-order valence-electron chi connectivity index (χ3n) is 5.15. The molecular formula is C18H27NO. The number of ether oxygens (including phenoxy) is 1. The molecule has 1 aliphatic heterocycles. The molecule has 1 N–H and O–H groups in total. The van der Waals surface area contributed by atoms with Crippen molar-refractivity contribution in [2.24, 2.45) is 0 Å². The zero-order valence-electron chi connectivity index (χ0n) is 12.8. The van der Waals surface area contributed by atoms with Crippen molar-refractivity contribution in [3.63, 3.8) is 0 Å². The summed E-state index contributed by atoms with van der Waals surface area (Å²) in [6.07, 6.45) is 7.58. The summed E-state index contributed by atoms with van der Waals surface area (Å²) in [5, 5.41) is 3.85. The van der Waals surface area contributed by atoms with E-state index in [0.29, 0.717) is 12.1 Å². The summed E-state index contributed by atoms with van der Waals surface area (Å²) in [6, 6.07) is 9.75. The quantitative estimate of drug-likeness (QED) is 0.893. The predicted octanol–water partition coefficient (Wildman–Crippen LogP) is 4.14. The second-order valence-corrected chi connectivity index (χ2v) is 6.67. The molecule has 2 heteroatoms. The minimum atomic E-state index is 0.210. The molecule has 2 aliphatic rings. The van der Waals surface area contributed by atoms with E-state index in [4.69, 9.17) is 4.74 Å². The first kappa shape index (κ1) is 14.1. The van der Waals surface area contributed by atoms with Gasteiger partial charge in [0.25, 0.3) is 0 Å². The van der Waals surface area contributed by atoms with Gasteiger partial charge < -0.3 is 10.1 Å². The molecular weight excluding hydrogens is 246 g/mol. The van der Waals surface area contributed by atoms with Crippen LogP contribution in [0.15, 0.2) is 24.3 Å². The minimum Gasteiger partial charge on any atom is -0.375 e. The first-order valence-electron chi connectivity index (χ1n) is 8.14. The molecule has 0 bridgehead atoms. The standard InChI is InChI=1S/C18H27NO/c1-14-7-3-4-8-17(14)15(2)19-16-9-12-20-18(13-16)10-5-6-11-18/h3-4,7-8,15-16,19H,5-6,9-13H2,1-2H3. The number of benzene rings is 1. The van der Waals surface area contributed by atoms with Crippen LogP contribution < -0.4 is 5.32 Å². The Hall–Kier alpha value is -0.860. The Balaban J connectivity index is 1.64. The van der Waals surface area contributed by atoms with Crippen LogP contribution in [0.25, 0.3) is 0 Å². The summed E-state index contributed by atoms with van der Waals surface area (Å²) < 4.78 is 6.13. The molecule has 2 unspecified atom stereocenters. The van der Waals surface area contributed by atoms with E-state index in [1.807, 2.05) is 0 Å². The molecule has 1 saturated heterocycles. The van der Waals surface area contributed by atoms with Crippen molar-refractivity contribution >= 4 is 0 Å². The Labute approximate surface area is 122 Å². The summed E-state index contributed by atoms with van der Waals surface area (Å²) >= 11 is 0. The molecule has 0 radical (unpaired) electrons. The van der Waals surface area contributed by atoms with Gasteiger partial charge in [0.15, 0.2) is 0 Å². The normalized spacial score (nSPS) is 26.8. The average Bonchev–Trinajstić information content (AvgIpc) is 2.87. The van der Waals surface area contributed by atoms with Crippen molar-refractivity contribution in [1.29, 1.82) is 0 Å². The summed E-state index contributed by atoms with van der Waals surface area (Å²) in [5.41, 5.74) is 3.02. The maximum absolute atomic E-state index is 6.13. The van der Waals surface area contributed by atoms with E-state index in [0.717, 1.165) is 13.0 Å². The van der Waals surface area contributed by atoms with Crippen LogP contribution >= 0.6 is 0 Å². The van der Waals surface area contributed by atoms with Crippen LogP contribution in [0.1, 0.15) is 62.6 Å². The highest BCUT2D eigenvalue weighted by Crippen LogP contribution is 2.40. The maximum atomic E-state index is 6.13. The van der Waals surface area contributed by atoms with Crippen molar-refractivity contribution in [3.8, 4) is 0 Å². The maximum Gasteiger partial charge on any atom is 0.0697 e. The van der Waals surface area contributed by atoms with Crippen LogP contribution in [0.4, 0.5) is 0 Å². The van der Waals surface area contributed by atoms with E-state index in [-0.39, 0.29) is 5.60 Å². The van der Waals surface area contributed by atoms with Crippen LogP contribution in [-0.2, 0) is 4.74 Å². The first-order valence-corrected chi connectivity index (χ1v) is 8.14. The van der Waals surface area contributed by atoms with E-state index >= 15 is 0 Å². The Kier molecular flexibility index (Phi) is 4.13. The minimum absolute atomic E-state index is 0.210. The number of rotatable bonds is 3. The molecule has 1 aromatic rings. The second kappa shape index (κ2) is 5.87. The molecule has 1 heterocycles. The zero-order chi connectivity index (χ0) is 14.0. The van der Waals surface area contributed by atoms with Gasteiger partial charge in [-0.25, -0.2) is 0 Å². The van der Waals surface area contributed by atoms with Crippen LogP contribution in [0, 0.1) is 6.92 Å². The zero-order valence-corrected chi connectivity index (χ0v) is 12.8. The highest BCUT2D eigenvalue weighted by Gasteiger charge is 2.40. The lowest BCUT2D eigenvalue weighted by Crippen LogP contribution is -2.46. The van der Waals surface area contributed by atoms with Crippen LogP contribution in [-0.4, -0.2) is 18.2 Å². The molecule has 2 atom stereocenters. The number of nitrogens with one attached hydrogen (secondary N) is 1. The SMILES string of the molecule is Cc1ccccc1C(C)NC1CCOC2(CCCC2)C1. The van der Waals surface area contributed by atoms with E-state index in [9.17, 15) is 0 Å². The van der Waals surface area contributed by atoms with Crippen molar-refractivity contribution in [2.45, 2.75) is 70.1 Å². The average molecular weight is 273 g/mol. The van der Waals surface area contributed by atoms with Gasteiger partial charge in [0, 0.05) is 18.7 Å². The molecule has 2 nitrogen and oxygen atoms in total. The molecule has 1 spiro atoms. The molecule has 0 aromatic heterocycles. The smallest absolute Gasteiger partial charge is 0.0697 e. The fraction of sp³-hybridized carbons (Fsp3) is 0.667. The number of hydrogen-bond donors (Lipinski definition) is 1. The van der Waals surface area contributed by atoms with E-state index in [1.165, 1.54) is 43.2 Å². The number of hydrogen-bond acceptors (Lipinski definition) is 2. The van der Waals surface area contributed by atoms with Crippen LogP contribution in [0.3, 0.4) is 0 Å². The van der Waals surface area contributed by atoms with E-state index in [2.05, 4.69) is 43.4 Å². The molecule has 2 fully saturated rings. The summed E-state index contributed by atoms with van der Waals surface area (Å²) in [4.78, 5) is 0. The van der Waals surface area contributed by atoms with Gasteiger partial charge in [-0.15, -0.1) is 0 Å². The molecule has 110 valence electrons. The number of aryl methyl sites for hydroxylation is 1. The van der Waals surface area contributed by atoms with Gasteiger partial charge in [0.2, 0.25) is 0 Å². The molecule has 1 aromatic carbocycles. The molecule has 3 rings (SSSR count). The molecule has 0 amide bonds. The lowest BCUT2D eigenvalue weighted by Gasteiger charge is -2.39. The first-order chi connectivity index (χ1) is 9.69. The molecule has 1 aliphatic carbocycles. The Morgan fingerprint density at radius 1 is 1.25 bits per heavy atom. The van der Waals surface area contributed by atoms with Crippen molar-refractivity contribution in [1.82, 2.24) is 5.32 Å². The van der Waals surface area contributed by atoms with Crippen molar-refractivity contribution < 1.29 is 4.74 Å². The van der Waals surface area contributed by atoms with Gasteiger partial charge in [-0.3, -0.25) is 0 Å². The van der Waals surface area contributed by atoms with Crippen molar-refractivity contribution in [2.75, 3.05) is 6.61 Å². The lowest BCUT2D eigenvalue weighted by atomic mass is 9.88. The molecule has 1 saturated carbocycles. The summed E-state index contributed by atoms with van der Waals surface area (Å²) in [7, 11) is 0. The van der Waals surface area contributed by atoms with Crippen LogP contribution in [0.5, 0.6) is 0 Å². The van der Waals surface area contributed by atoms with Gasteiger partial charge in [-0.05, 0) is 50.7 Å².